The Morgan fingerprint density at radius 1 is 1.58 bits per heavy atom. The molecule has 1 fully saturated rings. The van der Waals surface area contributed by atoms with E-state index in [2.05, 4.69) is 9.97 Å². The first kappa shape index (κ1) is 13.6. The number of aromatic nitrogens is 2. The predicted molar refractivity (Wildman–Crippen MR) is 70.3 cm³/mol. The Morgan fingerprint density at radius 2 is 2.37 bits per heavy atom. The van der Waals surface area contributed by atoms with Gasteiger partial charge in [0.2, 0.25) is 11.8 Å². The molecule has 1 aliphatic rings. The Kier molecular flexibility index (Phi) is 4.19. The third kappa shape index (κ3) is 3.13. The van der Waals surface area contributed by atoms with Gasteiger partial charge in [0, 0.05) is 25.4 Å². The monoisotopic (exact) mass is 265 g/mol. The lowest BCUT2D eigenvalue weighted by molar-refractivity contribution is -0.142. The Hall–Kier alpha value is -1.85. The number of rotatable bonds is 5. The van der Waals surface area contributed by atoms with Gasteiger partial charge in [-0.1, -0.05) is 13.8 Å². The second kappa shape index (κ2) is 5.86. The summed E-state index contributed by atoms with van der Waals surface area (Å²) in [7, 11) is 0. The highest BCUT2D eigenvalue weighted by Gasteiger charge is 2.35. The normalized spacial score (nSPS) is 22.5. The molecule has 2 unspecified atom stereocenters. The summed E-state index contributed by atoms with van der Waals surface area (Å²) in [6, 6.07) is 1.72. The van der Waals surface area contributed by atoms with Crippen LogP contribution in [0.5, 0.6) is 5.88 Å². The number of carboxylic acids is 1. The van der Waals surface area contributed by atoms with Crippen molar-refractivity contribution in [3.8, 4) is 5.88 Å². The van der Waals surface area contributed by atoms with Crippen molar-refractivity contribution in [3.63, 3.8) is 0 Å². The van der Waals surface area contributed by atoms with Gasteiger partial charge in [-0.3, -0.25) is 4.79 Å². The molecule has 1 N–H and O–H groups in total. The molecule has 1 aliphatic heterocycles. The predicted octanol–water partition coefficient (Wildman–Crippen LogP) is 1.42. The summed E-state index contributed by atoms with van der Waals surface area (Å²) >= 11 is 0. The van der Waals surface area contributed by atoms with Crippen molar-refractivity contribution < 1.29 is 14.6 Å². The number of carbonyl (C=O) groups is 1. The van der Waals surface area contributed by atoms with Crippen molar-refractivity contribution in [2.75, 3.05) is 24.6 Å². The van der Waals surface area contributed by atoms with Crippen molar-refractivity contribution in [2.24, 2.45) is 11.8 Å². The van der Waals surface area contributed by atoms with Gasteiger partial charge in [0.15, 0.2) is 0 Å². The molecule has 19 heavy (non-hydrogen) atoms. The summed E-state index contributed by atoms with van der Waals surface area (Å²) < 4.78 is 5.46. The molecule has 0 bridgehead atoms. The van der Waals surface area contributed by atoms with Crippen molar-refractivity contribution in [1.82, 2.24) is 9.97 Å². The molecule has 1 saturated heterocycles. The van der Waals surface area contributed by atoms with Crippen molar-refractivity contribution >= 4 is 11.9 Å². The van der Waals surface area contributed by atoms with Gasteiger partial charge in [0.25, 0.3) is 0 Å². The highest BCUT2D eigenvalue weighted by atomic mass is 16.5. The summed E-state index contributed by atoms with van der Waals surface area (Å²) in [6.07, 6.45) is 2.56. The number of carboxylic acid groups (broad SMARTS) is 1. The average Bonchev–Trinajstić information content (AvgIpc) is 2.79. The molecule has 1 aromatic rings. The summed E-state index contributed by atoms with van der Waals surface area (Å²) in [5.41, 5.74) is 0. The summed E-state index contributed by atoms with van der Waals surface area (Å²) in [4.78, 5) is 21.5. The molecule has 0 radical (unpaired) electrons. The Balaban J connectivity index is 2.08. The van der Waals surface area contributed by atoms with E-state index >= 15 is 0 Å². The minimum absolute atomic E-state index is 0.0984. The molecule has 0 aliphatic carbocycles. The lowest BCUT2D eigenvalue weighted by atomic mass is 9.99. The van der Waals surface area contributed by atoms with Crippen LogP contribution in [-0.2, 0) is 4.79 Å². The molecular formula is C13H19N3O3. The van der Waals surface area contributed by atoms with E-state index in [1.54, 1.807) is 12.3 Å². The largest absolute Gasteiger partial charge is 0.481 e. The molecular weight excluding hydrogens is 246 g/mol. The zero-order valence-electron chi connectivity index (χ0n) is 11.2. The maximum Gasteiger partial charge on any atom is 0.308 e. The van der Waals surface area contributed by atoms with Crippen molar-refractivity contribution in [1.29, 1.82) is 0 Å². The number of hydrogen-bond acceptors (Lipinski definition) is 5. The molecule has 6 heteroatoms. The van der Waals surface area contributed by atoms with Crippen LogP contribution in [0.1, 0.15) is 20.3 Å². The number of nitrogens with zero attached hydrogens (tertiary/aromatic N) is 3. The van der Waals surface area contributed by atoms with Crippen LogP contribution >= 0.6 is 0 Å². The molecule has 104 valence electrons. The molecule has 1 aromatic heterocycles. The van der Waals surface area contributed by atoms with Crippen LogP contribution in [0, 0.1) is 11.8 Å². The van der Waals surface area contributed by atoms with E-state index in [1.165, 1.54) is 0 Å². The first-order valence-corrected chi connectivity index (χ1v) is 6.55. The first-order valence-electron chi connectivity index (χ1n) is 6.55. The minimum Gasteiger partial charge on any atom is -0.481 e. The van der Waals surface area contributed by atoms with Crippen LogP contribution in [0.4, 0.5) is 5.95 Å². The topological polar surface area (TPSA) is 75.5 Å². The summed E-state index contributed by atoms with van der Waals surface area (Å²) in [5.74, 6) is 0.0704. The van der Waals surface area contributed by atoms with E-state index < -0.39 is 5.97 Å². The van der Waals surface area contributed by atoms with Crippen LogP contribution in [0.3, 0.4) is 0 Å². The van der Waals surface area contributed by atoms with Gasteiger partial charge in [-0.15, -0.1) is 0 Å². The Morgan fingerprint density at radius 3 is 3.00 bits per heavy atom. The van der Waals surface area contributed by atoms with Crippen LogP contribution in [0.2, 0.25) is 0 Å². The van der Waals surface area contributed by atoms with E-state index in [9.17, 15) is 4.79 Å². The fourth-order valence-corrected chi connectivity index (χ4v) is 2.22. The van der Waals surface area contributed by atoms with Crippen LogP contribution < -0.4 is 9.64 Å². The minimum atomic E-state index is -0.756. The first-order chi connectivity index (χ1) is 9.11. The van der Waals surface area contributed by atoms with E-state index in [1.807, 2.05) is 18.7 Å². The van der Waals surface area contributed by atoms with Gasteiger partial charge >= 0.3 is 5.97 Å². The fraction of sp³-hybridized carbons (Fsp3) is 0.615. The second-order valence-corrected chi connectivity index (χ2v) is 4.87. The summed E-state index contributed by atoms with van der Waals surface area (Å²) in [5, 5.41) is 9.13. The number of anilines is 1. The van der Waals surface area contributed by atoms with E-state index in [4.69, 9.17) is 9.84 Å². The SMILES string of the molecule is CCCOc1ccnc(N2CC(C)C(C(=O)O)C2)n1. The average molecular weight is 265 g/mol. The van der Waals surface area contributed by atoms with Gasteiger partial charge in [-0.25, -0.2) is 4.98 Å². The number of ether oxygens (including phenoxy) is 1. The highest BCUT2D eigenvalue weighted by Crippen LogP contribution is 2.26. The van der Waals surface area contributed by atoms with E-state index in [0.717, 1.165) is 6.42 Å². The van der Waals surface area contributed by atoms with E-state index in [-0.39, 0.29) is 11.8 Å². The van der Waals surface area contributed by atoms with Crippen molar-refractivity contribution in [3.05, 3.63) is 12.3 Å². The van der Waals surface area contributed by atoms with Crippen LogP contribution in [-0.4, -0.2) is 40.7 Å². The molecule has 2 atom stereocenters. The number of hydrogen-bond donors (Lipinski definition) is 1. The zero-order valence-corrected chi connectivity index (χ0v) is 11.2. The lowest BCUT2D eigenvalue weighted by Crippen LogP contribution is -2.24. The lowest BCUT2D eigenvalue weighted by Gasteiger charge is -2.16. The third-order valence-electron chi connectivity index (χ3n) is 3.28. The van der Waals surface area contributed by atoms with Crippen LogP contribution in [0.15, 0.2) is 12.3 Å². The van der Waals surface area contributed by atoms with Gasteiger partial charge in [-0.05, 0) is 12.3 Å². The number of aliphatic carboxylic acids is 1. The summed E-state index contributed by atoms with van der Waals surface area (Å²) in [6.45, 7) is 5.70. The van der Waals surface area contributed by atoms with Gasteiger partial charge < -0.3 is 14.7 Å². The quantitative estimate of drug-likeness (QED) is 0.867. The highest BCUT2D eigenvalue weighted by molar-refractivity contribution is 5.72. The Bertz CT molecular complexity index is 453. The molecule has 2 heterocycles. The van der Waals surface area contributed by atoms with Crippen LogP contribution in [0.25, 0.3) is 0 Å². The molecule has 0 saturated carbocycles. The van der Waals surface area contributed by atoms with E-state index in [0.29, 0.717) is 31.5 Å². The standard InChI is InChI=1S/C13H19N3O3/c1-3-6-19-11-4-5-14-13(15-11)16-7-9(2)10(8-16)12(17)18/h4-5,9-10H,3,6-8H2,1-2H3,(H,17,18). The second-order valence-electron chi connectivity index (χ2n) is 4.87. The third-order valence-corrected chi connectivity index (χ3v) is 3.28. The smallest absolute Gasteiger partial charge is 0.308 e. The van der Waals surface area contributed by atoms with Crippen molar-refractivity contribution in [2.45, 2.75) is 20.3 Å². The molecule has 0 spiro atoms. The van der Waals surface area contributed by atoms with Gasteiger partial charge in [0.05, 0.1) is 12.5 Å². The maximum absolute atomic E-state index is 11.1. The fourth-order valence-electron chi connectivity index (χ4n) is 2.22. The van der Waals surface area contributed by atoms with Gasteiger partial charge in [-0.2, -0.15) is 4.98 Å². The molecule has 0 amide bonds. The van der Waals surface area contributed by atoms with Gasteiger partial charge in [0.1, 0.15) is 0 Å². The maximum atomic E-state index is 11.1. The zero-order chi connectivity index (χ0) is 13.8. The molecule has 2 rings (SSSR count). The molecule has 6 nitrogen and oxygen atoms in total. The molecule has 0 aromatic carbocycles. The Labute approximate surface area is 112 Å².